The maximum Gasteiger partial charge on any atom is 0.326 e. The molecule has 7 heteroatoms. The second-order valence-corrected chi connectivity index (χ2v) is 4.64. The van der Waals surface area contributed by atoms with Gasteiger partial charge in [-0.2, -0.15) is 0 Å². The van der Waals surface area contributed by atoms with Crippen LogP contribution >= 0.6 is 11.6 Å². The quantitative estimate of drug-likeness (QED) is 0.638. The first-order chi connectivity index (χ1) is 9.38. The zero-order valence-corrected chi connectivity index (χ0v) is 11.4. The highest BCUT2D eigenvalue weighted by Gasteiger charge is 2.20. The number of amides is 2. The molecule has 1 unspecified atom stereocenters. The number of nitrogens with one attached hydrogen (secondary N) is 2. The number of carbonyl (C=O) groups excluding carboxylic acids is 1. The predicted molar refractivity (Wildman–Crippen MR) is 74.8 cm³/mol. The van der Waals surface area contributed by atoms with Crippen molar-refractivity contribution in [2.45, 2.75) is 12.5 Å². The van der Waals surface area contributed by atoms with Gasteiger partial charge in [0.05, 0.1) is 6.54 Å². The number of hydrogen-bond donors (Lipinski definition) is 4. The van der Waals surface area contributed by atoms with Gasteiger partial charge in [-0.25, -0.2) is 9.59 Å². The van der Waals surface area contributed by atoms with E-state index >= 15 is 0 Å². The number of aliphatic carboxylic acids is 1. The van der Waals surface area contributed by atoms with E-state index in [0.717, 1.165) is 0 Å². The molecule has 1 aromatic carbocycles. The van der Waals surface area contributed by atoms with E-state index in [-0.39, 0.29) is 23.7 Å². The normalized spacial score (nSPS) is 11.4. The van der Waals surface area contributed by atoms with Crippen LogP contribution in [0.25, 0.3) is 0 Å². The summed E-state index contributed by atoms with van der Waals surface area (Å²) in [7, 11) is 0. The van der Waals surface area contributed by atoms with Crippen LogP contribution in [-0.2, 0) is 11.2 Å². The number of halogens is 1. The van der Waals surface area contributed by atoms with E-state index in [4.69, 9.17) is 21.8 Å². The Labute approximate surface area is 121 Å². The Hall–Kier alpha value is -2.21. The number of aromatic hydroxyl groups is 1. The molecule has 0 saturated carbocycles. The van der Waals surface area contributed by atoms with E-state index in [1.165, 1.54) is 12.1 Å². The highest BCUT2D eigenvalue weighted by Crippen LogP contribution is 2.11. The van der Waals surface area contributed by atoms with E-state index in [2.05, 4.69) is 17.2 Å². The summed E-state index contributed by atoms with van der Waals surface area (Å²) in [4.78, 5) is 22.6. The third kappa shape index (κ3) is 5.62. The number of carboxylic acids is 1. The second-order valence-electron chi connectivity index (χ2n) is 4.11. The van der Waals surface area contributed by atoms with Gasteiger partial charge in [-0.15, -0.1) is 0 Å². The van der Waals surface area contributed by atoms with Crippen molar-refractivity contribution in [1.82, 2.24) is 10.6 Å². The smallest absolute Gasteiger partial charge is 0.326 e. The van der Waals surface area contributed by atoms with Gasteiger partial charge < -0.3 is 20.8 Å². The highest BCUT2D eigenvalue weighted by molar-refractivity contribution is 6.29. The van der Waals surface area contributed by atoms with Gasteiger partial charge in [-0.05, 0) is 17.7 Å². The number of rotatable bonds is 6. The standard InChI is InChI=1S/C13H15ClN2O4/c1-8(14)7-15-13(20)16-11(12(18)19)6-9-2-4-10(17)5-3-9/h2-5,11,17H,1,6-7H2,(H,18,19)(H2,15,16,20). The summed E-state index contributed by atoms with van der Waals surface area (Å²) in [5, 5.41) is 23.2. The molecule has 2 amide bonds. The fourth-order valence-corrected chi connectivity index (χ4v) is 1.52. The van der Waals surface area contributed by atoms with Gasteiger partial charge in [-0.1, -0.05) is 30.3 Å². The summed E-state index contributed by atoms with van der Waals surface area (Å²) < 4.78 is 0. The molecule has 4 N–H and O–H groups in total. The molecule has 0 spiro atoms. The molecule has 0 aliphatic rings. The number of urea groups is 1. The molecule has 0 aliphatic heterocycles. The average molecular weight is 299 g/mol. The molecule has 0 fully saturated rings. The summed E-state index contributed by atoms with van der Waals surface area (Å²) in [5.41, 5.74) is 0.678. The number of benzene rings is 1. The summed E-state index contributed by atoms with van der Waals surface area (Å²) in [6, 6.07) is 4.36. The number of phenolic OH excluding ortho intramolecular Hbond substituents is 1. The second kappa shape index (κ2) is 7.40. The Morgan fingerprint density at radius 1 is 1.30 bits per heavy atom. The van der Waals surface area contributed by atoms with Crippen molar-refractivity contribution >= 4 is 23.6 Å². The largest absolute Gasteiger partial charge is 0.508 e. The minimum Gasteiger partial charge on any atom is -0.508 e. The maximum atomic E-state index is 11.5. The molecule has 1 aromatic rings. The summed E-state index contributed by atoms with van der Waals surface area (Å²) in [5.74, 6) is -1.06. The Balaban J connectivity index is 2.60. The number of hydrogen-bond acceptors (Lipinski definition) is 3. The minimum absolute atomic E-state index is 0.0545. The van der Waals surface area contributed by atoms with Crippen LogP contribution < -0.4 is 10.6 Å². The van der Waals surface area contributed by atoms with Crippen molar-refractivity contribution in [3.05, 3.63) is 41.4 Å². The van der Waals surface area contributed by atoms with Crippen LogP contribution in [0.2, 0.25) is 0 Å². The van der Waals surface area contributed by atoms with Crippen molar-refractivity contribution in [2.75, 3.05) is 6.54 Å². The predicted octanol–water partition coefficient (Wildman–Crippen LogP) is 1.44. The fourth-order valence-electron chi connectivity index (χ4n) is 1.45. The zero-order chi connectivity index (χ0) is 15.1. The number of carbonyl (C=O) groups is 2. The Morgan fingerprint density at radius 2 is 1.90 bits per heavy atom. The van der Waals surface area contributed by atoms with Crippen LogP contribution in [-0.4, -0.2) is 34.8 Å². The van der Waals surface area contributed by atoms with Gasteiger partial charge >= 0.3 is 12.0 Å². The third-order valence-corrected chi connectivity index (χ3v) is 2.55. The van der Waals surface area contributed by atoms with Gasteiger partial charge in [0.1, 0.15) is 11.8 Å². The van der Waals surface area contributed by atoms with Gasteiger partial charge in [0, 0.05) is 11.5 Å². The van der Waals surface area contributed by atoms with Crippen LogP contribution in [0, 0.1) is 0 Å². The number of carboxylic acid groups (broad SMARTS) is 1. The third-order valence-electron chi connectivity index (χ3n) is 2.42. The molecule has 6 nitrogen and oxygen atoms in total. The van der Waals surface area contributed by atoms with Crippen molar-refractivity contribution < 1.29 is 19.8 Å². The van der Waals surface area contributed by atoms with Gasteiger partial charge in [-0.3, -0.25) is 0 Å². The first kappa shape index (κ1) is 15.8. The highest BCUT2D eigenvalue weighted by atomic mass is 35.5. The molecule has 0 radical (unpaired) electrons. The maximum absolute atomic E-state index is 11.5. The van der Waals surface area contributed by atoms with Gasteiger partial charge in [0.25, 0.3) is 0 Å². The lowest BCUT2D eigenvalue weighted by Gasteiger charge is -2.15. The molecular formula is C13H15ClN2O4. The van der Waals surface area contributed by atoms with E-state index in [0.29, 0.717) is 5.56 Å². The molecule has 0 saturated heterocycles. The SMILES string of the molecule is C=C(Cl)CNC(=O)NC(Cc1ccc(O)cc1)C(=O)O. The Bertz CT molecular complexity index is 502. The molecule has 0 heterocycles. The lowest BCUT2D eigenvalue weighted by Crippen LogP contribution is -2.47. The van der Waals surface area contributed by atoms with Crippen LogP contribution in [0.4, 0.5) is 4.79 Å². The van der Waals surface area contributed by atoms with Gasteiger partial charge in [0.15, 0.2) is 0 Å². The first-order valence-corrected chi connectivity index (χ1v) is 6.14. The monoisotopic (exact) mass is 298 g/mol. The fraction of sp³-hybridized carbons (Fsp3) is 0.231. The minimum atomic E-state index is -1.15. The van der Waals surface area contributed by atoms with Crippen molar-refractivity contribution in [3.8, 4) is 5.75 Å². The zero-order valence-electron chi connectivity index (χ0n) is 10.6. The average Bonchev–Trinajstić information content (AvgIpc) is 2.38. The lowest BCUT2D eigenvalue weighted by atomic mass is 10.1. The summed E-state index contributed by atoms with van der Waals surface area (Å²) >= 11 is 5.49. The summed E-state index contributed by atoms with van der Waals surface area (Å²) in [6.07, 6.45) is 0.102. The van der Waals surface area contributed by atoms with Crippen molar-refractivity contribution in [2.24, 2.45) is 0 Å². The molecule has 20 heavy (non-hydrogen) atoms. The van der Waals surface area contributed by atoms with Crippen molar-refractivity contribution in [3.63, 3.8) is 0 Å². The first-order valence-electron chi connectivity index (χ1n) is 5.77. The van der Waals surface area contributed by atoms with E-state index < -0.39 is 18.0 Å². The molecule has 0 bridgehead atoms. The Morgan fingerprint density at radius 3 is 2.40 bits per heavy atom. The molecule has 1 rings (SSSR count). The molecule has 0 aliphatic carbocycles. The molecule has 1 atom stereocenters. The molecule has 0 aromatic heterocycles. The van der Waals surface area contributed by atoms with Crippen LogP contribution in [0.1, 0.15) is 5.56 Å². The Kier molecular flexibility index (Phi) is 5.86. The van der Waals surface area contributed by atoms with E-state index in [1.54, 1.807) is 12.1 Å². The topological polar surface area (TPSA) is 98.7 Å². The van der Waals surface area contributed by atoms with Gasteiger partial charge in [0.2, 0.25) is 0 Å². The van der Waals surface area contributed by atoms with Crippen LogP contribution in [0.5, 0.6) is 5.75 Å². The van der Waals surface area contributed by atoms with E-state index in [1.807, 2.05) is 0 Å². The molecule has 108 valence electrons. The van der Waals surface area contributed by atoms with E-state index in [9.17, 15) is 9.59 Å². The van der Waals surface area contributed by atoms with Crippen molar-refractivity contribution in [1.29, 1.82) is 0 Å². The number of phenols is 1. The lowest BCUT2D eigenvalue weighted by molar-refractivity contribution is -0.139. The van der Waals surface area contributed by atoms with Crippen LogP contribution in [0.15, 0.2) is 35.9 Å². The van der Waals surface area contributed by atoms with Crippen LogP contribution in [0.3, 0.4) is 0 Å². The molecular weight excluding hydrogens is 284 g/mol. The summed E-state index contributed by atoms with van der Waals surface area (Å²) in [6.45, 7) is 3.45.